The SMILES string of the molecule is CCC(NC(=O)c1cccc(S)c1)C(C)C. The highest BCUT2D eigenvalue weighted by Gasteiger charge is 2.14. The summed E-state index contributed by atoms with van der Waals surface area (Å²) in [6, 6.07) is 7.52. The Morgan fingerprint density at radius 1 is 1.44 bits per heavy atom. The Morgan fingerprint density at radius 3 is 2.62 bits per heavy atom. The molecule has 3 heteroatoms. The summed E-state index contributed by atoms with van der Waals surface area (Å²) in [7, 11) is 0. The van der Waals surface area contributed by atoms with Crippen LogP contribution in [0.4, 0.5) is 0 Å². The Kier molecular flexibility index (Phi) is 4.87. The second-order valence-corrected chi connectivity index (χ2v) is 4.80. The van der Waals surface area contributed by atoms with E-state index in [1.54, 1.807) is 6.07 Å². The minimum absolute atomic E-state index is 0.0172. The number of nitrogens with one attached hydrogen (secondary N) is 1. The normalized spacial score (nSPS) is 12.6. The second kappa shape index (κ2) is 5.94. The molecule has 0 aliphatic carbocycles. The lowest BCUT2D eigenvalue weighted by Crippen LogP contribution is -2.37. The van der Waals surface area contributed by atoms with Gasteiger partial charge in [-0.1, -0.05) is 26.8 Å². The van der Waals surface area contributed by atoms with Gasteiger partial charge in [-0.05, 0) is 30.5 Å². The van der Waals surface area contributed by atoms with Crippen molar-refractivity contribution >= 4 is 18.5 Å². The van der Waals surface area contributed by atoms with E-state index in [1.807, 2.05) is 18.2 Å². The van der Waals surface area contributed by atoms with Crippen molar-refractivity contribution in [2.45, 2.75) is 38.1 Å². The summed E-state index contributed by atoms with van der Waals surface area (Å²) in [5, 5.41) is 3.04. The molecule has 0 heterocycles. The molecule has 2 nitrogen and oxygen atoms in total. The van der Waals surface area contributed by atoms with Gasteiger partial charge in [0, 0.05) is 16.5 Å². The highest BCUT2D eigenvalue weighted by molar-refractivity contribution is 7.80. The van der Waals surface area contributed by atoms with Gasteiger partial charge in [-0.15, -0.1) is 12.6 Å². The summed E-state index contributed by atoms with van der Waals surface area (Å²) >= 11 is 4.22. The molecule has 0 fully saturated rings. The molecule has 1 aromatic rings. The molecule has 0 radical (unpaired) electrons. The fourth-order valence-corrected chi connectivity index (χ4v) is 1.86. The van der Waals surface area contributed by atoms with E-state index in [-0.39, 0.29) is 11.9 Å². The van der Waals surface area contributed by atoms with Crippen LogP contribution in [-0.4, -0.2) is 11.9 Å². The van der Waals surface area contributed by atoms with Gasteiger partial charge in [-0.25, -0.2) is 0 Å². The van der Waals surface area contributed by atoms with Gasteiger partial charge in [0.25, 0.3) is 5.91 Å². The van der Waals surface area contributed by atoms with Crippen LogP contribution in [0.15, 0.2) is 29.2 Å². The molecule has 1 unspecified atom stereocenters. The predicted molar refractivity (Wildman–Crippen MR) is 70.1 cm³/mol. The minimum atomic E-state index is -0.0172. The van der Waals surface area contributed by atoms with Crippen LogP contribution in [0.2, 0.25) is 0 Å². The third-order valence-electron chi connectivity index (χ3n) is 2.67. The van der Waals surface area contributed by atoms with Crippen molar-refractivity contribution in [1.29, 1.82) is 0 Å². The molecular weight excluding hydrogens is 218 g/mol. The first kappa shape index (κ1) is 13.1. The van der Waals surface area contributed by atoms with Crippen molar-refractivity contribution in [3.8, 4) is 0 Å². The van der Waals surface area contributed by atoms with Gasteiger partial charge in [0.15, 0.2) is 0 Å². The number of amides is 1. The first-order valence-electron chi connectivity index (χ1n) is 5.64. The van der Waals surface area contributed by atoms with Crippen LogP contribution in [0.5, 0.6) is 0 Å². The zero-order valence-corrected chi connectivity index (χ0v) is 10.9. The fourth-order valence-electron chi connectivity index (χ4n) is 1.64. The van der Waals surface area contributed by atoms with E-state index in [4.69, 9.17) is 0 Å². The Hall–Kier alpha value is -0.960. The summed E-state index contributed by atoms with van der Waals surface area (Å²) in [6.45, 7) is 6.31. The molecule has 88 valence electrons. The number of carbonyl (C=O) groups excluding carboxylic acids is 1. The van der Waals surface area contributed by atoms with Gasteiger partial charge < -0.3 is 5.32 Å². The minimum Gasteiger partial charge on any atom is -0.349 e. The highest BCUT2D eigenvalue weighted by atomic mass is 32.1. The molecular formula is C13H19NOS. The zero-order chi connectivity index (χ0) is 12.1. The first-order chi connectivity index (χ1) is 7.54. The van der Waals surface area contributed by atoms with Crippen LogP contribution < -0.4 is 5.32 Å². The van der Waals surface area contributed by atoms with Gasteiger partial charge in [-0.3, -0.25) is 4.79 Å². The van der Waals surface area contributed by atoms with E-state index in [9.17, 15) is 4.79 Å². The van der Waals surface area contributed by atoms with Crippen LogP contribution in [0.25, 0.3) is 0 Å². The van der Waals surface area contributed by atoms with Gasteiger partial charge in [0.05, 0.1) is 0 Å². The number of rotatable bonds is 4. The van der Waals surface area contributed by atoms with Crippen LogP contribution in [0, 0.1) is 5.92 Å². The smallest absolute Gasteiger partial charge is 0.251 e. The molecule has 0 saturated carbocycles. The Morgan fingerprint density at radius 2 is 2.12 bits per heavy atom. The second-order valence-electron chi connectivity index (χ2n) is 4.28. The van der Waals surface area contributed by atoms with E-state index < -0.39 is 0 Å². The van der Waals surface area contributed by atoms with Crippen LogP contribution >= 0.6 is 12.6 Å². The predicted octanol–water partition coefficient (Wildman–Crippen LogP) is 3.14. The molecule has 0 aliphatic heterocycles. The van der Waals surface area contributed by atoms with Crippen LogP contribution in [0.3, 0.4) is 0 Å². The van der Waals surface area contributed by atoms with Gasteiger partial charge in [0.1, 0.15) is 0 Å². The third kappa shape index (κ3) is 3.56. The molecule has 0 spiro atoms. The van der Waals surface area contributed by atoms with Gasteiger partial charge in [-0.2, -0.15) is 0 Å². The van der Waals surface area contributed by atoms with Gasteiger partial charge in [0.2, 0.25) is 0 Å². The van der Waals surface area contributed by atoms with Gasteiger partial charge >= 0.3 is 0 Å². The molecule has 0 aliphatic rings. The van der Waals surface area contributed by atoms with Crippen LogP contribution in [-0.2, 0) is 0 Å². The summed E-state index contributed by atoms with van der Waals surface area (Å²) in [4.78, 5) is 12.7. The topological polar surface area (TPSA) is 29.1 Å². The highest BCUT2D eigenvalue weighted by Crippen LogP contribution is 2.11. The lowest BCUT2D eigenvalue weighted by molar-refractivity contribution is 0.0924. The molecule has 16 heavy (non-hydrogen) atoms. The van der Waals surface area contributed by atoms with Crippen molar-refractivity contribution in [3.05, 3.63) is 29.8 Å². The molecule has 1 amide bonds. The molecule has 0 aromatic heterocycles. The Bertz CT molecular complexity index is 363. The maximum absolute atomic E-state index is 11.9. The fraction of sp³-hybridized carbons (Fsp3) is 0.462. The van der Waals surface area contributed by atoms with E-state index in [1.165, 1.54) is 0 Å². The van der Waals surface area contributed by atoms with Crippen molar-refractivity contribution in [2.24, 2.45) is 5.92 Å². The number of hydrogen-bond donors (Lipinski definition) is 2. The number of benzene rings is 1. The number of thiol groups is 1. The molecule has 0 bridgehead atoms. The van der Waals surface area contributed by atoms with Crippen molar-refractivity contribution in [1.82, 2.24) is 5.32 Å². The van der Waals surface area contributed by atoms with E-state index in [0.717, 1.165) is 11.3 Å². The Balaban J connectivity index is 2.72. The van der Waals surface area contributed by atoms with E-state index >= 15 is 0 Å². The zero-order valence-electron chi connectivity index (χ0n) is 10.0. The molecule has 1 rings (SSSR count). The third-order valence-corrected chi connectivity index (χ3v) is 2.95. The largest absolute Gasteiger partial charge is 0.349 e. The summed E-state index contributed by atoms with van der Waals surface area (Å²) in [6.07, 6.45) is 0.948. The maximum Gasteiger partial charge on any atom is 0.251 e. The quantitative estimate of drug-likeness (QED) is 0.774. The monoisotopic (exact) mass is 237 g/mol. The van der Waals surface area contributed by atoms with E-state index in [0.29, 0.717) is 11.5 Å². The summed E-state index contributed by atoms with van der Waals surface area (Å²) < 4.78 is 0. The van der Waals surface area contributed by atoms with Crippen molar-refractivity contribution < 1.29 is 4.79 Å². The average molecular weight is 237 g/mol. The molecule has 1 N–H and O–H groups in total. The Labute approximate surface area is 103 Å². The number of carbonyl (C=O) groups is 1. The van der Waals surface area contributed by atoms with Crippen molar-refractivity contribution in [3.63, 3.8) is 0 Å². The summed E-state index contributed by atoms with van der Waals surface area (Å²) in [5.74, 6) is 0.435. The van der Waals surface area contributed by atoms with Crippen LogP contribution in [0.1, 0.15) is 37.6 Å². The molecule has 1 atom stereocenters. The first-order valence-corrected chi connectivity index (χ1v) is 6.09. The molecule has 0 saturated heterocycles. The molecule has 1 aromatic carbocycles. The maximum atomic E-state index is 11.9. The lowest BCUT2D eigenvalue weighted by Gasteiger charge is -2.20. The van der Waals surface area contributed by atoms with E-state index in [2.05, 4.69) is 38.7 Å². The standard InChI is InChI=1S/C13H19NOS/c1-4-12(9(2)3)14-13(15)10-6-5-7-11(16)8-10/h5-9,12,16H,4H2,1-3H3,(H,14,15). The number of hydrogen-bond acceptors (Lipinski definition) is 2. The summed E-state index contributed by atoms with van der Waals surface area (Å²) in [5.41, 5.74) is 0.673. The van der Waals surface area contributed by atoms with Crippen molar-refractivity contribution in [2.75, 3.05) is 0 Å². The lowest BCUT2D eigenvalue weighted by atomic mass is 10.0. The average Bonchev–Trinajstić information content (AvgIpc) is 2.25.